The minimum atomic E-state index is -1.11. The van der Waals surface area contributed by atoms with E-state index in [0.717, 1.165) is 0 Å². The first-order valence-electron chi connectivity index (χ1n) is 6.25. The quantitative estimate of drug-likeness (QED) is 0.746. The minimum absolute atomic E-state index is 0.0481. The Morgan fingerprint density at radius 1 is 1.20 bits per heavy atom. The number of ketones is 1. The summed E-state index contributed by atoms with van der Waals surface area (Å²) in [5.41, 5.74) is 0.324. The van der Waals surface area contributed by atoms with Crippen LogP contribution >= 0.6 is 0 Å². The van der Waals surface area contributed by atoms with E-state index in [-0.39, 0.29) is 25.0 Å². The third kappa shape index (κ3) is 4.79. The average Bonchev–Trinajstić information content (AvgIpc) is 2.42. The number of carbonyl (C=O) groups excluding carboxylic acids is 2. The second kappa shape index (κ2) is 7.37. The Labute approximate surface area is 115 Å². The molecule has 0 radical (unpaired) electrons. The smallest absolute Gasteiger partial charge is 0.326 e. The zero-order valence-electron chi connectivity index (χ0n) is 11.1. The Kier molecular flexibility index (Phi) is 5.83. The molecule has 1 unspecified atom stereocenters. The number of carboxylic acid groups (broad SMARTS) is 1. The monoisotopic (exact) mass is 281 g/mol. The number of hydrogen-bond acceptors (Lipinski definition) is 3. The predicted octanol–water partition coefficient (Wildman–Crippen LogP) is 1.77. The van der Waals surface area contributed by atoms with Crippen LogP contribution in [0.3, 0.4) is 0 Å². The zero-order valence-corrected chi connectivity index (χ0v) is 11.1. The summed E-state index contributed by atoms with van der Waals surface area (Å²) < 4.78 is 12.7. The molecule has 20 heavy (non-hydrogen) atoms. The maximum absolute atomic E-state index is 12.7. The van der Waals surface area contributed by atoms with Crippen molar-refractivity contribution in [2.24, 2.45) is 0 Å². The Balaban J connectivity index is 2.46. The lowest BCUT2D eigenvalue weighted by Crippen LogP contribution is -2.40. The third-order valence-electron chi connectivity index (χ3n) is 2.79. The summed E-state index contributed by atoms with van der Waals surface area (Å²) in [6, 6.07) is 4.10. The van der Waals surface area contributed by atoms with Crippen molar-refractivity contribution in [2.45, 2.75) is 32.2 Å². The van der Waals surface area contributed by atoms with Crippen molar-refractivity contribution < 1.29 is 23.9 Å². The molecule has 108 valence electrons. The molecule has 1 aromatic rings. The predicted molar refractivity (Wildman–Crippen MR) is 69.8 cm³/mol. The van der Waals surface area contributed by atoms with E-state index in [0.29, 0.717) is 5.56 Å². The highest BCUT2D eigenvalue weighted by molar-refractivity contribution is 5.98. The number of hydrogen-bond donors (Lipinski definition) is 2. The average molecular weight is 281 g/mol. The first-order valence-corrected chi connectivity index (χ1v) is 6.25. The molecule has 0 aliphatic heterocycles. The summed E-state index contributed by atoms with van der Waals surface area (Å²) >= 11 is 0. The highest BCUT2D eigenvalue weighted by atomic mass is 19.1. The van der Waals surface area contributed by atoms with Crippen LogP contribution in [0.25, 0.3) is 0 Å². The maximum atomic E-state index is 12.7. The largest absolute Gasteiger partial charge is 0.480 e. The molecule has 0 aliphatic carbocycles. The van der Waals surface area contributed by atoms with Gasteiger partial charge in [-0.2, -0.15) is 0 Å². The maximum Gasteiger partial charge on any atom is 0.326 e. The zero-order chi connectivity index (χ0) is 15.1. The number of carboxylic acids is 1. The highest BCUT2D eigenvalue weighted by Crippen LogP contribution is 2.07. The van der Waals surface area contributed by atoms with Crippen LogP contribution in [0.1, 0.15) is 36.5 Å². The van der Waals surface area contributed by atoms with Gasteiger partial charge in [-0.25, -0.2) is 9.18 Å². The fraction of sp³-hybridized carbons (Fsp3) is 0.357. The molecular formula is C14H16FNO4. The van der Waals surface area contributed by atoms with Gasteiger partial charge in [0, 0.05) is 18.4 Å². The number of Topliss-reactive ketones (excluding diaryl/α,β-unsaturated/α-hetero) is 1. The van der Waals surface area contributed by atoms with Gasteiger partial charge in [-0.3, -0.25) is 9.59 Å². The van der Waals surface area contributed by atoms with Crippen molar-refractivity contribution in [2.75, 3.05) is 0 Å². The van der Waals surface area contributed by atoms with Crippen LogP contribution in [0.15, 0.2) is 24.3 Å². The van der Waals surface area contributed by atoms with Crippen LogP contribution in [-0.4, -0.2) is 28.8 Å². The fourth-order valence-corrected chi connectivity index (χ4v) is 1.61. The number of nitrogens with one attached hydrogen (secondary N) is 1. The van der Waals surface area contributed by atoms with Gasteiger partial charge in [-0.05, 0) is 30.7 Å². The van der Waals surface area contributed by atoms with Crippen LogP contribution in [0.5, 0.6) is 0 Å². The molecule has 1 aromatic carbocycles. The molecule has 2 N–H and O–H groups in total. The second-order valence-electron chi connectivity index (χ2n) is 4.30. The molecular weight excluding hydrogens is 265 g/mol. The van der Waals surface area contributed by atoms with Gasteiger partial charge in [-0.15, -0.1) is 0 Å². The van der Waals surface area contributed by atoms with Crippen molar-refractivity contribution in [3.05, 3.63) is 35.6 Å². The van der Waals surface area contributed by atoms with E-state index in [2.05, 4.69) is 5.32 Å². The molecule has 0 aromatic heterocycles. The van der Waals surface area contributed by atoms with Crippen molar-refractivity contribution >= 4 is 17.7 Å². The van der Waals surface area contributed by atoms with Gasteiger partial charge >= 0.3 is 5.97 Å². The molecule has 0 fully saturated rings. The van der Waals surface area contributed by atoms with E-state index in [1.807, 2.05) is 0 Å². The molecule has 1 amide bonds. The van der Waals surface area contributed by atoms with Crippen LogP contribution in [0, 0.1) is 5.82 Å². The van der Waals surface area contributed by atoms with Gasteiger partial charge < -0.3 is 10.4 Å². The summed E-state index contributed by atoms with van der Waals surface area (Å²) in [4.78, 5) is 34.0. The van der Waals surface area contributed by atoms with Gasteiger partial charge in [-0.1, -0.05) is 6.92 Å². The van der Waals surface area contributed by atoms with Crippen molar-refractivity contribution in [3.63, 3.8) is 0 Å². The fourth-order valence-electron chi connectivity index (χ4n) is 1.61. The van der Waals surface area contributed by atoms with Crippen molar-refractivity contribution in [1.82, 2.24) is 5.32 Å². The lowest BCUT2D eigenvalue weighted by atomic mass is 10.1. The van der Waals surface area contributed by atoms with E-state index < -0.39 is 23.7 Å². The van der Waals surface area contributed by atoms with Gasteiger partial charge in [0.15, 0.2) is 5.78 Å². The van der Waals surface area contributed by atoms with E-state index in [1.165, 1.54) is 24.3 Å². The van der Waals surface area contributed by atoms with Gasteiger partial charge in [0.2, 0.25) is 5.91 Å². The lowest BCUT2D eigenvalue weighted by Gasteiger charge is -2.11. The van der Waals surface area contributed by atoms with Crippen LogP contribution in [0.4, 0.5) is 4.39 Å². The van der Waals surface area contributed by atoms with Gasteiger partial charge in [0.1, 0.15) is 11.9 Å². The SMILES string of the molecule is CCC(NC(=O)CCC(=O)c1ccc(F)cc1)C(=O)O. The Bertz CT molecular complexity index is 498. The molecule has 5 nitrogen and oxygen atoms in total. The molecule has 0 heterocycles. The van der Waals surface area contributed by atoms with Crippen molar-refractivity contribution in [1.29, 1.82) is 0 Å². The number of aliphatic carboxylic acids is 1. The minimum Gasteiger partial charge on any atom is -0.480 e. The van der Waals surface area contributed by atoms with E-state index >= 15 is 0 Å². The van der Waals surface area contributed by atoms with Crippen molar-refractivity contribution in [3.8, 4) is 0 Å². The third-order valence-corrected chi connectivity index (χ3v) is 2.79. The molecule has 0 spiro atoms. The number of rotatable bonds is 7. The summed E-state index contributed by atoms with van der Waals surface area (Å²) in [5.74, 6) is -2.32. The van der Waals surface area contributed by atoms with Crippen LogP contribution < -0.4 is 5.32 Å². The second-order valence-corrected chi connectivity index (χ2v) is 4.30. The number of halogens is 1. The molecule has 0 aliphatic rings. The molecule has 0 saturated heterocycles. The number of benzene rings is 1. The summed E-state index contributed by atoms with van der Waals surface area (Å²) in [5, 5.41) is 11.1. The summed E-state index contributed by atoms with van der Waals surface area (Å²) in [6.07, 6.45) is 0.125. The van der Waals surface area contributed by atoms with E-state index in [4.69, 9.17) is 5.11 Å². The first kappa shape index (κ1) is 15.8. The van der Waals surface area contributed by atoms with Crippen LogP contribution in [-0.2, 0) is 9.59 Å². The number of amides is 1. The van der Waals surface area contributed by atoms with E-state index in [9.17, 15) is 18.8 Å². The topological polar surface area (TPSA) is 83.5 Å². The Morgan fingerprint density at radius 2 is 1.80 bits per heavy atom. The first-order chi connectivity index (χ1) is 9.43. The Morgan fingerprint density at radius 3 is 2.30 bits per heavy atom. The van der Waals surface area contributed by atoms with Gasteiger partial charge in [0.05, 0.1) is 0 Å². The normalized spacial score (nSPS) is 11.7. The molecule has 6 heteroatoms. The molecule has 1 rings (SSSR count). The summed E-state index contributed by atoms with van der Waals surface area (Å²) in [6.45, 7) is 1.64. The molecule has 0 bridgehead atoms. The summed E-state index contributed by atoms with van der Waals surface area (Å²) in [7, 11) is 0. The molecule has 0 saturated carbocycles. The standard InChI is InChI=1S/C14H16FNO4/c1-2-11(14(19)20)16-13(18)8-7-12(17)9-3-5-10(15)6-4-9/h3-6,11H,2,7-8H2,1H3,(H,16,18)(H,19,20). The lowest BCUT2D eigenvalue weighted by molar-refractivity contribution is -0.141. The Hall–Kier alpha value is -2.24. The van der Waals surface area contributed by atoms with Crippen LogP contribution in [0.2, 0.25) is 0 Å². The van der Waals surface area contributed by atoms with E-state index in [1.54, 1.807) is 6.92 Å². The highest BCUT2D eigenvalue weighted by Gasteiger charge is 2.18. The number of carbonyl (C=O) groups is 3. The molecule has 1 atom stereocenters. The van der Waals surface area contributed by atoms with Gasteiger partial charge in [0.25, 0.3) is 0 Å².